The Kier molecular flexibility index (Phi) is 5.98. The lowest BCUT2D eigenvalue weighted by Crippen LogP contribution is -2.27. The van der Waals surface area contributed by atoms with Crippen LogP contribution in [-0.4, -0.2) is 34.0 Å². The highest BCUT2D eigenvalue weighted by atomic mass is 19.4. The van der Waals surface area contributed by atoms with Crippen LogP contribution >= 0.6 is 0 Å². The van der Waals surface area contributed by atoms with E-state index in [1.54, 1.807) is 12.1 Å². The number of fused-ring (bicyclic) bond motifs is 1. The van der Waals surface area contributed by atoms with Gasteiger partial charge in [0.25, 0.3) is 0 Å². The van der Waals surface area contributed by atoms with Gasteiger partial charge in [-0.25, -0.2) is 4.98 Å². The van der Waals surface area contributed by atoms with Crippen LogP contribution in [0.4, 0.5) is 13.2 Å². The van der Waals surface area contributed by atoms with Gasteiger partial charge in [-0.05, 0) is 36.1 Å². The normalized spacial score (nSPS) is 13.0. The summed E-state index contributed by atoms with van der Waals surface area (Å²) in [5.74, 6) is -0.483. The van der Waals surface area contributed by atoms with Gasteiger partial charge < -0.3 is 19.6 Å². The molecular formula is C19H20F3N3O2. The maximum atomic E-state index is 12.5. The number of halogens is 3. The van der Waals surface area contributed by atoms with E-state index < -0.39 is 6.36 Å². The van der Waals surface area contributed by atoms with E-state index in [0.29, 0.717) is 18.7 Å². The minimum absolute atomic E-state index is 0.154. The maximum Gasteiger partial charge on any atom is 0.573 e. The van der Waals surface area contributed by atoms with Crippen LogP contribution < -0.4 is 10.1 Å². The second kappa shape index (κ2) is 8.41. The quantitative estimate of drug-likeness (QED) is 0.631. The van der Waals surface area contributed by atoms with Gasteiger partial charge in [-0.2, -0.15) is 0 Å². The molecule has 0 saturated heterocycles. The first-order valence-corrected chi connectivity index (χ1v) is 8.52. The molecule has 0 aliphatic rings. The lowest BCUT2D eigenvalue weighted by molar-refractivity contribution is -0.274. The third kappa shape index (κ3) is 5.45. The molecule has 3 rings (SSSR count). The minimum Gasteiger partial charge on any atom is -0.406 e. The molecule has 8 heteroatoms. The van der Waals surface area contributed by atoms with Gasteiger partial charge in [-0.15, -0.1) is 13.2 Å². The highest BCUT2D eigenvalue weighted by Crippen LogP contribution is 2.27. The van der Waals surface area contributed by atoms with Gasteiger partial charge >= 0.3 is 6.36 Å². The second-order valence-electron chi connectivity index (χ2n) is 6.24. The SMILES string of the molecule is OCC(CNCc1cn2ccccc2n1)Cc1ccccc1OC(F)(F)F. The fourth-order valence-electron chi connectivity index (χ4n) is 2.89. The molecule has 144 valence electrons. The molecule has 0 spiro atoms. The fraction of sp³-hybridized carbons (Fsp3) is 0.316. The topological polar surface area (TPSA) is 58.8 Å². The number of alkyl halides is 3. The molecule has 0 bridgehead atoms. The van der Waals surface area contributed by atoms with Gasteiger partial charge in [0, 0.05) is 32.1 Å². The lowest BCUT2D eigenvalue weighted by atomic mass is 9.99. The Hall–Kier alpha value is -2.58. The summed E-state index contributed by atoms with van der Waals surface area (Å²) in [5.41, 5.74) is 2.09. The minimum atomic E-state index is -4.74. The maximum absolute atomic E-state index is 12.5. The second-order valence-corrected chi connectivity index (χ2v) is 6.24. The standard InChI is InChI=1S/C19H20F3N3O2/c20-19(21,22)27-17-6-2-1-5-15(17)9-14(13-26)10-23-11-16-12-25-8-4-3-7-18(25)24-16/h1-8,12,14,23,26H,9-11,13H2. The first-order valence-electron chi connectivity index (χ1n) is 8.52. The Labute approximate surface area is 154 Å². The largest absolute Gasteiger partial charge is 0.573 e. The number of hydrogen-bond acceptors (Lipinski definition) is 4. The first kappa shape index (κ1) is 19.2. The summed E-state index contributed by atoms with van der Waals surface area (Å²) in [5, 5.41) is 12.8. The van der Waals surface area contributed by atoms with Crippen molar-refractivity contribution in [3.63, 3.8) is 0 Å². The summed E-state index contributed by atoms with van der Waals surface area (Å²) in [6.45, 7) is 0.780. The van der Waals surface area contributed by atoms with Gasteiger partial charge in [0.1, 0.15) is 11.4 Å². The highest BCUT2D eigenvalue weighted by molar-refractivity contribution is 5.39. The van der Waals surface area contributed by atoms with Crippen LogP contribution in [0.15, 0.2) is 54.9 Å². The Balaban J connectivity index is 1.58. The number of benzene rings is 1. The van der Waals surface area contributed by atoms with E-state index in [0.717, 1.165) is 11.3 Å². The van der Waals surface area contributed by atoms with E-state index in [-0.39, 0.29) is 24.7 Å². The van der Waals surface area contributed by atoms with E-state index in [1.807, 2.05) is 35.0 Å². The number of rotatable bonds is 8. The number of aliphatic hydroxyl groups excluding tert-OH is 1. The number of nitrogens with one attached hydrogen (secondary N) is 1. The van der Waals surface area contributed by atoms with Crippen molar-refractivity contribution >= 4 is 5.65 Å². The molecule has 0 aliphatic heterocycles. The molecule has 0 fully saturated rings. The third-order valence-electron chi connectivity index (χ3n) is 4.12. The molecule has 5 nitrogen and oxygen atoms in total. The number of imidazole rings is 1. The predicted molar refractivity (Wildman–Crippen MR) is 94.3 cm³/mol. The zero-order valence-electron chi connectivity index (χ0n) is 14.5. The van der Waals surface area contributed by atoms with Crippen molar-refractivity contribution in [1.82, 2.24) is 14.7 Å². The molecule has 27 heavy (non-hydrogen) atoms. The average molecular weight is 379 g/mol. The zero-order valence-corrected chi connectivity index (χ0v) is 14.5. The Morgan fingerprint density at radius 2 is 1.93 bits per heavy atom. The number of aromatic nitrogens is 2. The van der Waals surface area contributed by atoms with Crippen LogP contribution in [0.3, 0.4) is 0 Å². The molecule has 0 amide bonds. The van der Waals surface area contributed by atoms with Crippen molar-refractivity contribution in [3.05, 3.63) is 66.1 Å². The van der Waals surface area contributed by atoms with Crippen LogP contribution in [0, 0.1) is 5.92 Å². The van der Waals surface area contributed by atoms with Crippen molar-refractivity contribution < 1.29 is 23.0 Å². The summed E-state index contributed by atoms with van der Waals surface area (Å²) < 4.78 is 43.6. The van der Waals surface area contributed by atoms with Crippen molar-refractivity contribution in [1.29, 1.82) is 0 Å². The van der Waals surface area contributed by atoms with Crippen molar-refractivity contribution in [2.45, 2.75) is 19.3 Å². The lowest BCUT2D eigenvalue weighted by Gasteiger charge is -2.18. The molecule has 0 saturated carbocycles. The fourth-order valence-corrected chi connectivity index (χ4v) is 2.89. The van der Waals surface area contributed by atoms with Crippen molar-refractivity contribution in [2.75, 3.05) is 13.2 Å². The van der Waals surface area contributed by atoms with Gasteiger partial charge in [0.2, 0.25) is 0 Å². The Morgan fingerprint density at radius 3 is 2.67 bits per heavy atom. The molecular weight excluding hydrogens is 359 g/mol. The van der Waals surface area contributed by atoms with Crippen LogP contribution in [0.25, 0.3) is 5.65 Å². The third-order valence-corrected chi connectivity index (χ3v) is 4.12. The number of ether oxygens (including phenoxy) is 1. The molecule has 0 radical (unpaired) electrons. The number of pyridine rings is 1. The van der Waals surface area contributed by atoms with E-state index >= 15 is 0 Å². The number of para-hydroxylation sites is 1. The highest BCUT2D eigenvalue weighted by Gasteiger charge is 2.32. The van der Waals surface area contributed by atoms with Gasteiger partial charge in [0.05, 0.1) is 5.69 Å². The predicted octanol–water partition coefficient (Wildman–Crippen LogP) is 3.17. The van der Waals surface area contributed by atoms with E-state index in [9.17, 15) is 18.3 Å². The first-order chi connectivity index (χ1) is 12.9. The van der Waals surface area contributed by atoms with Crippen LogP contribution in [0.5, 0.6) is 5.75 Å². The van der Waals surface area contributed by atoms with Gasteiger partial charge in [-0.3, -0.25) is 0 Å². The molecule has 1 atom stereocenters. The van der Waals surface area contributed by atoms with E-state index in [4.69, 9.17) is 0 Å². The molecule has 2 aromatic heterocycles. The number of aliphatic hydroxyl groups is 1. The zero-order chi connectivity index (χ0) is 19.3. The molecule has 1 aromatic carbocycles. The van der Waals surface area contributed by atoms with Crippen molar-refractivity contribution in [2.24, 2.45) is 5.92 Å². The van der Waals surface area contributed by atoms with Gasteiger partial charge in [-0.1, -0.05) is 24.3 Å². The van der Waals surface area contributed by atoms with E-state index in [1.165, 1.54) is 12.1 Å². The summed E-state index contributed by atoms with van der Waals surface area (Å²) in [4.78, 5) is 4.47. The van der Waals surface area contributed by atoms with Crippen molar-refractivity contribution in [3.8, 4) is 5.75 Å². The summed E-state index contributed by atoms with van der Waals surface area (Å²) in [7, 11) is 0. The summed E-state index contributed by atoms with van der Waals surface area (Å²) >= 11 is 0. The molecule has 2 heterocycles. The smallest absolute Gasteiger partial charge is 0.406 e. The summed E-state index contributed by atoms with van der Waals surface area (Å²) in [6.07, 6.45) is -0.671. The molecule has 1 unspecified atom stereocenters. The van der Waals surface area contributed by atoms with Gasteiger partial charge in [0.15, 0.2) is 0 Å². The van der Waals surface area contributed by atoms with E-state index in [2.05, 4.69) is 15.0 Å². The Bertz CT molecular complexity index is 847. The summed E-state index contributed by atoms with van der Waals surface area (Å²) in [6, 6.07) is 11.7. The molecule has 2 N–H and O–H groups in total. The monoisotopic (exact) mass is 379 g/mol. The van der Waals surface area contributed by atoms with Crippen LogP contribution in [0.1, 0.15) is 11.3 Å². The number of nitrogens with zero attached hydrogens (tertiary/aromatic N) is 2. The average Bonchev–Trinajstić information content (AvgIpc) is 3.04. The molecule has 3 aromatic rings. The Morgan fingerprint density at radius 1 is 1.15 bits per heavy atom. The molecule has 0 aliphatic carbocycles. The number of hydrogen-bond donors (Lipinski definition) is 2. The van der Waals surface area contributed by atoms with Crippen LogP contribution in [-0.2, 0) is 13.0 Å². The van der Waals surface area contributed by atoms with Crippen LogP contribution in [0.2, 0.25) is 0 Å².